The van der Waals surface area contributed by atoms with Gasteiger partial charge in [0.2, 0.25) is 0 Å². The summed E-state index contributed by atoms with van der Waals surface area (Å²) >= 11 is 0. The Morgan fingerprint density at radius 1 is 0.972 bits per heavy atom. The molecule has 0 spiro atoms. The van der Waals surface area contributed by atoms with Crippen molar-refractivity contribution in [1.29, 1.82) is 0 Å². The fourth-order valence-electron chi connectivity index (χ4n) is 4.51. The first-order valence-electron chi connectivity index (χ1n) is 11.7. The number of nitrogens with one attached hydrogen (secondary N) is 1. The third-order valence-corrected chi connectivity index (χ3v) is 6.45. The third-order valence-electron chi connectivity index (χ3n) is 6.45. The van der Waals surface area contributed by atoms with E-state index in [0.717, 1.165) is 16.7 Å². The number of amides is 2. The Kier molecular flexibility index (Phi) is 6.40. The van der Waals surface area contributed by atoms with Gasteiger partial charge >= 0.3 is 5.97 Å². The number of benzene rings is 3. The van der Waals surface area contributed by atoms with Crippen LogP contribution in [0.25, 0.3) is 0 Å². The van der Waals surface area contributed by atoms with E-state index in [2.05, 4.69) is 11.9 Å². The van der Waals surface area contributed by atoms with E-state index in [0.29, 0.717) is 11.1 Å². The molecule has 2 heterocycles. The number of nitrogens with zero attached hydrogens (tertiary/aromatic N) is 1. The minimum atomic E-state index is -1.00. The maximum absolute atomic E-state index is 13.5. The van der Waals surface area contributed by atoms with Crippen LogP contribution in [-0.4, -0.2) is 47.6 Å². The summed E-state index contributed by atoms with van der Waals surface area (Å²) in [5, 5.41) is 2.73. The molecule has 7 heteroatoms. The zero-order valence-electron chi connectivity index (χ0n) is 19.8. The van der Waals surface area contributed by atoms with Crippen molar-refractivity contribution in [2.24, 2.45) is 0 Å². The van der Waals surface area contributed by atoms with Crippen LogP contribution in [0.15, 0.2) is 97.1 Å². The standard InChI is InChI=1S/C29H26N2O5/c1-18-13-15-22(16-14-18)26(32)30-23-27(33)31-24(19(2)17-35-28(23)31)29(34)36-25(20-9-5-3-6-10-20)21-11-7-4-8-12-21/h3-16,23-25,28H,2,17H2,1H3,(H,30,32)/t23-,24+,28?/m0/s1. The van der Waals surface area contributed by atoms with Crippen LogP contribution in [-0.2, 0) is 19.1 Å². The number of aryl methyl sites for hydroxylation is 1. The number of esters is 1. The van der Waals surface area contributed by atoms with Crippen LogP contribution < -0.4 is 5.32 Å². The molecule has 182 valence electrons. The highest BCUT2D eigenvalue weighted by Crippen LogP contribution is 2.35. The van der Waals surface area contributed by atoms with Gasteiger partial charge in [0, 0.05) is 5.56 Å². The summed E-state index contributed by atoms with van der Waals surface area (Å²) in [7, 11) is 0. The SMILES string of the molecule is C=C1COC2[C@@H](NC(=O)c3ccc(C)cc3)C(=O)N2[C@H]1C(=O)OC(c1ccccc1)c1ccccc1. The highest BCUT2D eigenvalue weighted by molar-refractivity contribution is 6.01. The molecule has 7 nitrogen and oxygen atoms in total. The van der Waals surface area contributed by atoms with Crippen LogP contribution in [0.5, 0.6) is 0 Å². The van der Waals surface area contributed by atoms with Crippen molar-refractivity contribution in [2.45, 2.75) is 31.3 Å². The highest BCUT2D eigenvalue weighted by atomic mass is 16.6. The van der Waals surface area contributed by atoms with Crippen LogP contribution in [0, 0.1) is 6.92 Å². The molecule has 3 aromatic carbocycles. The van der Waals surface area contributed by atoms with E-state index in [4.69, 9.17) is 9.47 Å². The largest absolute Gasteiger partial charge is 0.451 e. The second kappa shape index (κ2) is 9.79. The van der Waals surface area contributed by atoms with Crippen LogP contribution in [0.4, 0.5) is 0 Å². The van der Waals surface area contributed by atoms with Crippen LogP contribution in [0.2, 0.25) is 0 Å². The molecule has 0 aromatic heterocycles. The average molecular weight is 483 g/mol. The highest BCUT2D eigenvalue weighted by Gasteiger charge is 2.57. The number of hydrogen-bond donors (Lipinski definition) is 1. The number of β-lactam (4-membered cyclic amide) rings is 1. The van der Waals surface area contributed by atoms with Gasteiger partial charge in [-0.15, -0.1) is 0 Å². The molecule has 0 bridgehead atoms. The maximum Gasteiger partial charge on any atom is 0.334 e. The molecule has 0 saturated carbocycles. The molecular formula is C29H26N2O5. The smallest absolute Gasteiger partial charge is 0.334 e. The molecule has 2 amide bonds. The van der Waals surface area contributed by atoms with Crippen molar-refractivity contribution in [2.75, 3.05) is 6.61 Å². The Labute approximate surface area is 209 Å². The van der Waals surface area contributed by atoms with Gasteiger partial charge in [-0.25, -0.2) is 4.79 Å². The molecule has 0 radical (unpaired) electrons. The molecule has 2 aliphatic heterocycles. The van der Waals surface area contributed by atoms with Crippen molar-refractivity contribution in [3.05, 3.63) is 119 Å². The van der Waals surface area contributed by atoms with E-state index in [9.17, 15) is 14.4 Å². The number of fused-ring (bicyclic) bond motifs is 1. The van der Waals surface area contributed by atoms with Crippen molar-refractivity contribution >= 4 is 17.8 Å². The molecular weight excluding hydrogens is 456 g/mol. The molecule has 2 saturated heterocycles. The first-order chi connectivity index (χ1) is 17.4. The molecule has 2 fully saturated rings. The first-order valence-corrected chi connectivity index (χ1v) is 11.7. The predicted molar refractivity (Wildman–Crippen MR) is 133 cm³/mol. The van der Waals surface area contributed by atoms with Gasteiger partial charge in [-0.3, -0.25) is 14.5 Å². The van der Waals surface area contributed by atoms with Gasteiger partial charge in [0.1, 0.15) is 0 Å². The zero-order chi connectivity index (χ0) is 25.2. The Hall–Kier alpha value is -4.23. The summed E-state index contributed by atoms with van der Waals surface area (Å²) in [5.41, 5.74) is 3.51. The molecule has 3 atom stereocenters. The third kappa shape index (κ3) is 4.41. The van der Waals surface area contributed by atoms with Gasteiger partial charge in [0.25, 0.3) is 11.8 Å². The quantitative estimate of drug-likeness (QED) is 0.330. The topological polar surface area (TPSA) is 84.9 Å². The summed E-state index contributed by atoms with van der Waals surface area (Å²) in [6, 6.07) is 24.0. The summed E-state index contributed by atoms with van der Waals surface area (Å²) in [4.78, 5) is 40.5. The number of hydrogen-bond acceptors (Lipinski definition) is 5. The Balaban J connectivity index is 1.33. The van der Waals surface area contributed by atoms with E-state index in [-0.39, 0.29) is 12.5 Å². The lowest BCUT2D eigenvalue weighted by Gasteiger charge is -2.52. The van der Waals surface area contributed by atoms with Gasteiger partial charge < -0.3 is 14.8 Å². The lowest BCUT2D eigenvalue weighted by molar-refractivity contribution is -0.204. The van der Waals surface area contributed by atoms with E-state index in [1.807, 2.05) is 79.7 Å². The first kappa shape index (κ1) is 23.5. The minimum Gasteiger partial charge on any atom is -0.451 e. The summed E-state index contributed by atoms with van der Waals surface area (Å²) < 4.78 is 11.8. The molecule has 36 heavy (non-hydrogen) atoms. The number of ether oxygens (including phenoxy) is 2. The van der Waals surface area contributed by atoms with Crippen molar-refractivity contribution in [3.63, 3.8) is 0 Å². The van der Waals surface area contributed by atoms with Crippen molar-refractivity contribution in [1.82, 2.24) is 10.2 Å². The minimum absolute atomic E-state index is 0.0758. The number of carbonyl (C=O) groups is 3. The fourth-order valence-corrected chi connectivity index (χ4v) is 4.51. The number of carbonyl (C=O) groups excluding carboxylic acids is 3. The lowest BCUT2D eigenvalue weighted by atomic mass is 9.94. The Morgan fingerprint density at radius 2 is 1.56 bits per heavy atom. The summed E-state index contributed by atoms with van der Waals surface area (Å²) in [5.74, 6) is -1.39. The zero-order valence-corrected chi connectivity index (χ0v) is 19.8. The lowest BCUT2D eigenvalue weighted by Crippen LogP contribution is -2.77. The maximum atomic E-state index is 13.5. The fraction of sp³-hybridized carbons (Fsp3) is 0.207. The van der Waals surface area contributed by atoms with Gasteiger partial charge in [-0.1, -0.05) is 84.9 Å². The van der Waals surface area contributed by atoms with E-state index in [1.54, 1.807) is 12.1 Å². The molecule has 1 unspecified atom stereocenters. The van der Waals surface area contributed by atoms with E-state index < -0.39 is 36.3 Å². The molecule has 3 aromatic rings. The second-order valence-electron chi connectivity index (χ2n) is 8.96. The van der Waals surface area contributed by atoms with Gasteiger partial charge in [-0.2, -0.15) is 0 Å². The van der Waals surface area contributed by atoms with Gasteiger partial charge in [-0.05, 0) is 35.8 Å². The normalized spacial score (nSPS) is 20.9. The second-order valence-corrected chi connectivity index (χ2v) is 8.96. The summed E-state index contributed by atoms with van der Waals surface area (Å²) in [6.45, 7) is 5.96. The van der Waals surface area contributed by atoms with Crippen LogP contribution in [0.1, 0.15) is 33.2 Å². The molecule has 0 aliphatic carbocycles. The van der Waals surface area contributed by atoms with Crippen molar-refractivity contribution in [3.8, 4) is 0 Å². The summed E-state index contributed by atoms with van der Waals surface area (Å²) in [6.07, 6.45) is -1.43. The average Bonchev–Trinajstić information content (AvgIpc) is 2.91. The molecule has 1 N–H and O–H groups in total. The van der Waals surface area contributed by atoms with E-state index in [1.165, 1.54) is 4.90 Å². The monoisotopic (exact) mass is 482 g/mol. The number of rotatable bonds is 6. The molecule has 2 aliphatic rings. The Morgan fingerprint density at radius 3 is 2.14 bits per heavy atom. The predicted octanol–water partition coefficient (Wildman–Crippen LogP) is 3.55. The van der Waals surface area contributed by atoms with Gasteiger partial charge in [0.15, 0.2) is 24.4 Å². The van der Waals surface area contributed by atoms with E-state index >= 15 is 0 Å². The van der Waals surface area contributed by atoms with Crippen LogP contribution >= 0.6 is 0 Å². The van der Waals surface area contributed by atoms with Crippen molar-refractivity contribution < 1.29 is 23.9 Å². The Bertz CT molecular complexity index is 1250. The van der Waals surface area contributed by atoms with Crippen LogP contribution in [0.3, 0.4) is 0 Å². The molecule has 5 rings (SSSR count). The van der Waals surface area contributed by atoms with Gasteiger partial charge in [0.05, 0.1) is 6.61 Å².